The standard InChI is InChI=1S/C17H24ClNO/c1-17(2,3)10-15(18)11-19-16(20)14-8-7-12-5-4-6-13(12)9-14/h7-9,15H,4-6,10-11H2,1-3H3,(H,19,20). The van der Waals surface area contributed by atoms with E-state index in [-0.39, 0.29) is 16.7 Å². The highest BCUT2D eigenvalue weighted by Gasteiger charge is 2.18. The van der Waals surface area contributed by atoms with E-state index in [1.807, 2.05) is 12.1 Å². The zero-order chi connectivity index (χ0) is 14.8. The Hall–Kier alpha value is -1.02. The van der Waals surface area contributed by atoms with Crippen molar-refractivity contribution in [3.05, 3.63) is 34.9 Å². The highest BCUT2D eigenvalue weighted by molar-refractivity contribution is 6.21. The van der Waals surface area contributed by atoms with Gasteiger partial charge in [0.25, 0.3) is 5.91 Å². The predicted molar refractivity (Wildman–Crippen MR) is 84.5 cm³/mol. The lowest BCUT2D eigenvalue weighted by molar-refractivity contribution is 0.0952. The minimum atomic E-state index is -0.0200. The molecular formula is C17H24ClNO. The molecule has 0 bridgehead atoms. The molecule has 1 N–H and O–H groups in total. The van der Waals surface area contributed by atoms with Gasteiger partial charge in [-0.25, -0.2) is 0 Å². The third-order valence-electron chi connectivity index (χ3n) is 3.68. The van der Waals surface area contributed by atoms with Crippen molar-refractivity contribution in [3.8, 4) is 0 Å². The van der Waals surface area contributed by atoms with Crippen LogP contribution in [0.4, 0.5) is 0 Å². The Bertz CT molecular complexity index is 490. The van der Waals surface area contributed by atoms with E-state index in [0.29, 0.717) is 6.54 Å². The summed E-state index contributed by atoms with van der Waals surface area (Å²) in [5.41, 5.74) is 3.66. The van der Waals surface area contributed by atoms with Gasteiger partial charge in [0, 0.05) is 12.1 Å². The average Bonchev–Trinajstić information content (AvgIpc) is 2.80. The molecule has 1 aromatic carbocycles. The maximum Gasteiger partial charge on any atom is 0.251 e. The van der Waals surface area contributed by atoms with Crippen molar-refractivity contribution >= 4 is 17.5 Å². The molecule has 1 aliphatic rings. The molecule has 0 saturated carbocycles. The number of aryl methyl sites for hydroxylation is 2. The monoisotopic (exact) mass is 293 g/mol. The van der Waals surface area contributed by atoms with Gasteiger partial charge in [-0.2, -0.15) is 0 Å². The second-order valence-electron chi connectivity index (χ2n) is 6.91. The molecule has 1 amide bonds. The van der Waals surface area contributed by atoms with E-state index in [2.05, 4.69) is 32.2 Å². The molecule has 1 unspecified atom stereocenters. The van der Waals surface area contributed by atoms with Crippen molar-refractivity contribution in [3.63, 3.8) is 0 Å². The molecule has 0 aromatic heterocycles. The van der Waals surface area contributed by atoms with Crippen LogP contribution in [0.1, 0.15) is 55.1 Å². The molecule has 3 heteroatoms. The zero-order valence-electron chi connectivity index (χ0n) is 12.6. The van der Waals surface area contributed by atoms with Crippen molar-refractivity contribution in [1.29, 1.82) is 0 Å². The van der Waals surface area contributed by atoms with E-state index in [9.17, 15) is 4.79 Å². The summed E-state index contributed by atoms with van der Waals surface area (Å²) in [5, 5.41) is 2.92. The van der Waals surface area contributed by atoms with Gasteiger partial charge in [-0.05, 0) is 54.4 Å². The van der Waals surface area contributed by atoms with Gasteiger partial charge in [-0.3, -0.25) is 4.79 Å². The first-order chi connectivity index (χ1) is 9.35. The number of hydrogen-bond acceptors (Lipinski definition) is 1. The molecule has 110 valence electrons. The van der Waals surface area contributed by atoms with E-state index in [1.165, 1.54) is 17.5 Å². The first kappa shape index (κ1) is 15.4. The summed E-state index contributed by atoms with van der Waals surface area (Å²) in [7, 11) is 0. The van der Waals surface area contributed by atoms with Gasteiger partial charge in [0.1, 0.15) is 0 Å². The minimum absolute atomic E-state index is 0.0146. The predicted octanol–water partition coefficient (Wildman–Crippen LogP) is 3.95. The summed E-state index contributed by atoms with van der Waals surface area (Å²) in [6.07, 6.45) is 4.33. The maximum atomic E-state index is 12.1. The van der Waals surface area contributed by atoms with Crippen LogP contribution >= 0.6 is 11.6 Å². The van der Waals surface area contributed by atoms with Crippen LogP contribution in [0.5, 0.6) is 0 Å². The quantitative estimate of drug-likeness (QED) is 0.837. The van der Waals surface area contributed by atoms with E-state index < -0.39 is 0 Å². The number of halogens is 1. The Kier molecular flexibility index (Phi) is 4.74. The van der Waals surface area contributed by atoms with Gasteiger partial charge in [0.2, 0.25) is 0 Å². The summed E-state index contributed by atoms with van der Waals surface area (Å²) in [6.45, 7) is 6.99. The molecule has 1 aliphatic carbocycles. The van der Waals surface area contributed by atoms with Gasteiger partial charge >= 0.3 is 0 Å². The van der Waals surface area contributed by atoms with Gasteiger partial charge in [0.05, 0.1) is 5.38 Å². The molecule has 20 heavy (non-hydrogen) atoms. The number of benzene rings is 1. The third-order valence-corrected chi connectivity index (χ3v) is 3.99. The smallest absolute Gasteiger partial charge is 0.251 e. The van der Waals surface area contributed by atoms with Crippen LogP contribution in [-0.4, -0.2) is 17.8 Å². The fraction of sp³-hybridized carbons (Fsp3) is 0.588. The van der Waals surface area contributed by atoms with Gasteiger partial charge < -0.3 is 5.32 Å². The number of nitrogens with one attached hydrogen (secondary N) is 1. The molecule has 0 aliphatic heterocycles. The van der Waals surface area contributed by atoms with E-state index in [1.54, 1.807) is 0 Å². The summed E-state index contributed by atoms with van der Waals surface area (Å²) >= 11 is 6.28. The van der Waals surface area contributed by atoms with Crippen LogP contribution in [-0.2, 0) is 12.8 Å². The first-order valence-electron chi connectivity index (χ1n) is 7.39. The normalized spacial score (nSPS) is 15.8. The van der Waals surface area contributed by atoms with Crippen LogP contribution in [0.2, 0.25) is 0 Å². The van der Waals surface area contributed by atoms with Crippen molar-refractivity contribution in [2.45, 2.75) is 51.8 Å². The molecule has 0 heterocycles. The van der Waals surface area contributed by atoms with E-state index in [0.717, 1.165) is 24.8 Å². The number of alkyl halides is 1. The van der Waals surface area contributed by atoms with Crippen molar-refractivity contribution in [1.82, 2.24) is 5.32 Å². The molecule has 1 aromatic rings. The Morgan fingerprint density at radius 2 is 2.00 bits per heavy atom. The lowest BCUT2D eigenvalue weighted by atomic mass is 9.90. The van der Waals surface area contributed by atoms with E-state index in [4.69, 9.17) is 11.6 Å². The second-order valence-corrected chi connectivity index (χ2v) is 7.53. The van der Waals surface area contributed by atoms with Crippen LogP contribution < -0.4 is 5.32 Å². The molecular weight excluding hydrogens is 270 g/mol. The summed E-state index contributed by atoms with van der Waals surface area (Å²) in [5.74, 6) is -0.0146. The van der Waals surface area contributed by atoms with Crippen LogP contribution in [0.3, 0.4) is 0 Å². The zero-order valence-corrected chi connectivity index (χ0v) is 13.4. The molecule has 1 atom stereocenters. The fourth-order valence-corrected chi connectivity index (χ4v) is 3.30. The number of rotatable bonds is 4. The van der Waals surface area contributed by atoms with Crippen LogP contribution in [0.15, 0.2) is 18.2 Å². The van der Waals surface area contributed by atoms with Gasteiger partial charge in [-0.15, -0.1) is 11.6 Å². The number of carbonyl (C=O) groups is 1. The minimum Gasteiger partial charge on any atom is -0.351 e. The van der Waals surface area contributed by atoms with Crippen molar-refractivity contribution in [2.75, 3.05) is 6.54 Å². The average molecular weight is 294 g/mol. The lowest BCUT2D eigenvalue weighted by Gasteiger charge is -2.22. The number of amides is 1. The highest BCUT2D eigenvalue weighted by atomic mass is 35.5. The Morgan fingerprint density at radius 3 is 2.70 bits per heavy atom. The Morgan fingerprint density at radius 1 is 1.30 bits per heavy atom. The third kappa shape index (κ3) is 4.24. The molecule has 0 spiro atoms. The molecule has 0 saturated heterocycles. The Balaban J connectivity index is 1.89. The van der Waals surface area contributed by atoms with Gasteiger partial charge in [0.15, 0.2) is 0 Å². The van der Waals surface area contributed by atoms with Crippen molar-refractivity contribution in [2.24, 2.45) is 5.41 Å². The number of hydrogen-bond donors (Lipinski definition) is 1. The van der Waals surface area contributed by atoms with Gasteiger partial charge in [-0.1, -0.05) is 26.8 Å². The number of carbonyl (C=O) groups excluding carboxylic acids is 1. The molecule has 0 radical (unpaired) electrons. The molecule has 2 nitrogen and oxygen atoms in total. The van der Waals surface area contributed by atoms with E-state index >= 15 is 0 Å². The largest absolute Gasteiger partial charge is 0.351 e. The summed E-state index contributed by atoms with van der Waals surface area (Å²) in [4.78, 5) is 12.1. The summed E-state index contributed by atoms with van der Waals surface area (Å²) in [6, 6.07) is 6.04. The SMILES string of the molecule is CC(C)(C)CC(Cl)CNC(=O)c1ccc2c(c1)CCC2. The number of fused-ring (bicyclic) bond motifs is 1. The maximum absolute atomic E-state index is 12.1. The lowest BCUT2D eigenvalue weighted by Crippen LogP contribution is -2.31. The molecule has 0 fully saturated rings. The first-order valence-corrected chi connectivity index (χ1v) is 7.83. The second kappa shape index (κ2) is 6.17. The van der Waals surface area contributed by atoms with Crippen LogP contribution in [0.25, 0.3) is 0 Å². The Labute approximate surface area is 126 Å². The summed E-state index contributed by atoms with van der Waals surface area (Å²) < 4.78 is 0. The highest BCUT2D eigenvalue weighted by Crippen LogP contribution is 2.24. The fourth-order valence-electron chi connectivity index (χ4n) is 2.76. The molecule has 2 rings (SSSR count). The van der Waals surface area contributed by atoms with Crippen molar-refractivity contribution < 1.29 is 4.79 Å². The topological polar surface area (TPSA) is 29.1 Å². The van der Waals surface area contributed by atoms with Crippen LogP contribution in [0, 0.1) is 5.41 Å².